The Bertz CT molecular complexity index is 1590. The van der Waals surface area contributed by atoms with Crippen LogP contribution in [0.2, 0.25) is 10.0 Å². The van der Waals surface area contributed by atoms with Crippen molar-refractivity contribution in [2.75, 3.05) is 16.0 Å². The first kappa shape index (κ1) is 28.1. The van der Waals surface area contributed by atoms with Crippen molar-refractivity contribution in [3.05, 3.63) is 81.0 Å². The van der Waals surface area contributed by atoms with Gasteiger partial charge in [-0.25, -0.2) is 0 Å². The van der Waals surface area contributed by atoms with Gasteiger partial charge in [-0.15, -0.1) is 10.2 Å². The third kappa shape index (κ3) is 5.45. The van der Waals surface area contributed by atoms with Crippen molar-refractivity contribution < 1.29 is 9.59 Å². The molecule has 9 nitrogen and oxygen atoms in total. The van der Waals surface area contributed by atoms with Crippen LogP contribution in [0.5, 0.6) is 0 Å². The van der Waals surface area contributed by atoms with Crippen LogP contribution in [0.15, 0.2) is 69.7 Å². The lowest BCUT2D eigenvalue weighted by molar-refractivity contribution is -0.118. The highest BCUT2D eigenvalue weighted by molar-refractivity contribution is 8.01. The molecule has 1 amide bonds. The van der Waals surface area contributed by atoms with Crippen LogP contribution in [-0.2, 0) is 9.59 Å². The predicted octanol–water partition coefficient (Wildman–Crippen LogP) is 5.91. The first-order chi connectivity index (χ1) is 19.1. The highest BCUT2D eigenvalue weighted by Gasteiger charge is 2.45. The average molecular weight is 613 g/mol. The molecule has 2 aliphatic rings. The molecule has 204 valence electrons. The van der Waals surface area contributed by atoms with Gasteiger partial charge in [0.05, 0.1) is 39.0 Å². The number of hydrogen-bond acceptors (Lipinski definition) is 10. The Morgan fingerprint density at radius 2 is 2.00 bits per heavy atom. The highest BCUT2D eigenvalue weighted by atomic mass is 35.5. The summed E-state index contributed by atoms with van der Waals surface area (Å²) in [6.07, 6.45) is 4.19. The Morgan fingerprint density at radius 1 is 1.25 bits per heavy atom. The molecule has 0 spiro atoms. The number of thioether (sulfide) groups is 1. The molecule has 3 heterocycles. The molecule has 5 rings (SSSR count). The SMILES string of the molecule is CC1(C)CC(=O)C2=C(C1)N(c1nnc(SCC(=O)Nc3c(Cl)cccc3Cl)s1)C(N)=C(C#N)C2c1cccnc1. The van der Waals surface area contributed by atoms with Gasteiger partial charge in [0.2, 0.25) is 11.0 Å². The van der Waals surface area contributed by atoms with Crippen LogP contribution >= 0.6 is 46.3 Å². The van der Waals surface area contributed by atoms with Crippen LogP contribution in [-0.4, -0.2) is 32.6 Å². The Balaban J connectivity index is 1.45. The van der Waals surface area contributed by atoms with E-state index in [9.17, 15) is 14.9 Å². The van der Waals surface area contributed by atoms with E-state index in [1.54, 1.807) is 41.6 Å². The van der Waals surface area contributed by atoms with Gasteiger partial charge in [-0.1, -0.05) is 72.3 Å². The number of amides is 1. The second kappa shape index (κ2) is 11.2. The summed E-state index contributed by atoms with van der Waals surface area (Å²) in [7, 11) is 0. The summed E-state index contributed by atoms with van der Waals surface area (Å²) in [6, 6.07) is 10.8. The van der Waals surface area contributed by atoms with Crippen molar-refractivity contribution in [3.8, 4) is 6.07 Å². The third-order valence-electron chi connectivity index (χ3n) is 6.54. The Kier molecular flexibility index (Phi) is 7.88. The van der Waals surface area contributed by atoms with Crippen molar-refractivity contribution in [3.63, 3.8) is 0 Å². The zero-order chi connectivity index (χ0) is 28.6. The Hall–Kier alpha value is -3.43. The van der Waals surface area contributed by atoms with E-state index in [2.05, 4.69) is 26.6 Å². The maximum Gasteiger partial charge on any atom is 0.234 e. The van der Waals surface area contributed by atoms with E-state index in [4.69, 9.17) is 28.9 Å². The van der Waals surface area contributed by atoms with Gasteiger partial charge in [-0.3, -0.25) is 19.5 Å². The number of ketones is 1. The molecule has 3 aromatic rings. The monoisotopic (exact) mass is 611 g/mol. The van der Waals surface area contributed by atoms with E-state index < -0.39 is 5.92 Å². The van der Waals surface area contributed by atoms with Crippen LogP contribution in [0.3, 0.4) is 0 Å². The van der Waals surface area contributed by atoms with Crippen molar-refractivity contribution in [2.45, 2.75) is 36.9 Å². The number of nitriles is 1. The number of Topliss-reactive ketones (excluding diaryl/α,β-unsaturated/α-hetero) is 1. The maximum absolute atomic E-state index is 13.6. The van der Waals surface area contributed by atoms with Gasteiger partial charge in [-0.2, -0.15) is 5.26 Å². The largest absolute Gasteiger partial charge is 0.384 e. The number of anilines is 2. The fraction of sp³-hybridized carbons (Fsp3) is 0.259. The topological polar surface area (TPSA) is 138 Å². The summed E-state index contributed by atoms with van der Waals surface area (Å²) in [5.41, 5.74) is 8.86. The standard InChI is InChI=1S/C27H23Cl2N7O2S2/c1-27(2)9-18-22(19(37)10-27)21(14-5-4-8-32-12-14)15(11-30)24(31)36(18)25-34-35-26(40-25)39-13-20(38)33-23-16(28)6-3-7-17(23)29/h3-8,12,21H,9-10,13,31H2,1-2H3,(H,33,38). The molecule has 2 aromatic heterocycles. The number of hydrogen-bond donors (Lipinski definition) is 2. The summed E-state index contributed by atoms with van der Waals surface area (Å²) in [6.45, 7) is 4.05. The third-order valence-corrected chi connectivity index (χ3v) is 9.21. The average Bonchev–Trinajstić information content (AvgIpc) is 3.37. The number of rotatable bonds is 6. The smallest absolute Gasteiger partial charge is 0.234 e. The number of nitrogens with one attached hydrogen (secondary N) is 1. The molecule has 0 saturated carbocycles. The van der Waals surface area contributed by atoms with Crippen LogP contribution < -0.4 is 16.0 Å². The molecule has 1 aromatic carbocycles. The van der Waals surface area contributed by atoms with Crippen molar-refractivity contribution in [2.24, 2.45) is 11.1 Å². The number of allylic oxidation sites excluding steroid dienone is 3. The minimum atomic E-state index is -0.615. The van der Waals surface area contributed by atoms with Gasteiger partial charge in [-0.05, 0) is 35.6 Å². The van der Waals surface area contributed by atoms with E-state index in [-0.39, 0.29) is 34.3 Å². The normalized spacial score (nSPS) is 18.4. The van der Waals surface area contributed by atoms with Crippen molar-refractivity contribution in [1.82, 2.24) is 15.2 Å². The fourth-order valence-corrected chi connectivity index (χ4v) is 7.05. The van der Waals surface area contributed by atoms with Gasteiger partial charge < -0.3 is 11.1 Å². The minimum Gasteiger partial charge on any atom is -0.384 e. The van der Waals surface area contributed by atoms with Crippen molar-refractivity contribution >= 4 is 68.8 Å². The molecular formula is C27H23Cl2N7O2S2. The summed E-state index contributed by atoms with van der Waals surface area (Å²) in [5, 5.41) is 22.5. The van der Waals surface area contributed by atoms with Crippen LogP contribution in [0.25, 0.3) is 0 Å². The van der Waals surface area contributed by atoms with E-state index in [1.807, 2.05) is 19.9 Å². The number of carbonyl (C=O) groups excluding carboxylic acids is 2. The molecular weight excluding hydrogens is 589 g/mol. The highest BCUT2D eigenvalue weighted by Crippen LogP contribution is 2.50. The molecule has 0 saturated heterocycles. The number of carbonyl (C=O) groups is 2. The lowest BCUT2D eigenvalue weighted by atomic mass is 9.69. The molecule has 1 aliphatic heterocycles. The number of para-hydroxylation sites is 1. The summed E-state index contributed by atoms with van der Waals surface area (Å²) >= 11 is 14.7. The van der Waals surface area contributed by atoms with Gasteiger partial charge in [0.25, 0.3) is 0 Å². The van der Waals surface area contributed by atoms with Gasteiger partial charge in [0.15, 0.2) is 10.1 Å². The molecule has 1 aliphatic carbocycles. The van der Waals surface area contributed by atoms with Crippen LogP contribution in [0.4, 0.5) is 10.8 Å². The molecule has 40 heavy (non-hydrogen) atoms. The predicted molar refractivity (Wildman–Crippen MR) is 157 cm³/mol. The second-order valence-electron chi connectivity index (χ2n) is 10.1. The van der Waals surface area contributed by atoms with Gasteiger partial charge >= 0.3 is 0 Å². The zero-order valence-corrected chi connectivity index (χ0v) is 24.6. The summed E-state index contributed by atoms with van der Waals surface area (Å²) in [4.78, 5) is 32.0. The molecule has 1 unspecified atom stereocenters. The molecule has 0 radical (unpaired) electrons. The maximum atomic E-state index is 13.6. The van der Waals surface area contributed by atoms with E-state index in [0.717, 1.165) is 5.56 Å². The number of benzene rings is 1. The Morgan fingerprint density at radius 3 is 2.67 bits per heavy atom. The van der Waals surface area contributed by atoms with Crippen LogP contribution in [0.1, 0.15) is 38.2 Å². The summed E-state index contributed by atoms with van der Waals surface area (Å²) in [5.74, 6) is -0.743. The number of halogens is 2. The number of aromatic nitrogens is 3. The quantitative estimate of drug-likeness (QED) is 0.325. The van der Waals surface area contributed by atoms with E-state index in [1.165, 1.54) is 23.1 Å². The Labute approximate surface area is 249 Å². The van der Waals surface area contributed by atoms with Crippen LogP contribution in [0, 0.1) is 16.7 Å². The molecule has 1 atom stereocenters. The summed E-state index contributed by atoms with van der Waals surface area (Å²) < 4.78 is 0.514. The van der Waals surface area contributed by atoms with E-state index >= 15 is 0 Å². The molecule has 0 fully saturated rings. The lowest BCUT2D eigenvalue weighted by Crippen LogP contribution is -2.42. The zero-order valence-electron chi connectivity index (χ0n) is 21.4. The first-order valence-electron chi connectivity index (χ1n) is 12.2. The van der Waals surface area contributed by atoms with Crippen molar-refractivity contribution in [1.29, 1.82) is 5.26 Å². The first-order valence-corrected chi connectivity index (χ1v) is 14.7. The second-order valence-corrected chi connectivity index (χ2v) is 13.0. The van der Waals surface area contributed by atoms with Gasteiger partial charge in [0, 0.05) is 30.1 Å². The molecule has 0 bridgehead atoms. The minimum absolute atomic E-state index is 0.0352. The molecule has 3 N–H and O–H groups in total. The molecule has 13 heteroatoms. The number of nitrogens with zero attached hydrogens (tertiary/aromatic N) is 5. The van der Waals surface area contributed by atoms with E-state index in [0.29, 0.717) is 49.3 Å². The van der Waals surface area contributed by atoms with Gasteiger partial charge in [0.1, 0.15) is 5.82 Å². The fourth-order valence-electron chi connectivity index (χ4n) is 4.88. The lowest BCUT2D eigenvalue weighted by Gasteiger charge is -2.42. The number of nitrogens with two attached hydrogens (primary N) is 1. The number of pyridine rings is 1.